The van der Waals surface area contributed by atoms with E-state index in [1.54, 1.807) is 12.1 Å². The highest BCUT2D eigenvalue weighted by Gasteiger charge is 2.14. The average molecular weight is 472 g/mol. The van der Waals surface area contributed by atoms with Gasteiger partial charge in [0.2, 0.25) is 17.7 Å². The van der Waals surface area contributed by atoms with Crippen molar-refractivity contribution in [3.8, 4) is 11.6 Å². The van der Waals surface area contributed by atoms with Gasteiger partial charge in [0, 0.05) is 36.2 Å². The number of benzene rings is 2. The largest absolute Gasteiger partial charge is 0.437 e. The highest BCUT2D eigenvalue weighted by atomic mass is 32.1. The van der Waals surface area contributed by atoms with E-state index in [0.29, 0.717) is 23.3 Å². The summed E-state index contributed by atoms with van der Waals surface area (Å²) in [5.74, 6) is 1.20. The fraction of sp³-hybridized carbons (Fsp3) is 0.192. The third-order valence-electron chi connectivity index (χ3n) is 5.62. The van der Waals surface area contributed by atoms with Gasteiger partial charge in [0.25, 0.3) is 0 Å². The number of rotatable bonds is 7. The Hall–Kier alpha value is -3.91. The molecule has 0 bridgehead atoms. The van der Waals surface area contributed by atoms with E-state index in [2.05, 4.69) is 56.3 Å². The van der Waals surface area contributed by atoms with Gasteiger partial charge in [-0.15, -0.1) is 11.3 Å². The molecule has 2 aromatic heterocycles. The molecule has 0 aliphatic carbocycles. The number of thiophene rings is 1. The lowest BCUT2D eigenvalue weighted by atomic mass is 10.1. The summed E-state index contributed by atoms with van der Waals surface area (Å²) in [5.41, 5.74) is 3.58. The van der Waals surface area contributed by atoms with Crippen LogP contribution in [0, 0.1) is 0 Å². The minimum atomic E-state index is -0.280. The molecule has 2 N–H and O–H groups in total. The quantitative estimate of drug-likeness (QED) is 0.306. The molecule has 2 aromatic carbocycles. The lowest BCUT2D eigenvalue weighted by Crippen LogP contribution is -2.29. The van der Waals surface area contributed by atoms with E-state index >= 15 is 0 Å². The highest BCUT2D eigenvalue weighted by molar-refractivity contribution is 7.17. The zero-order valence-electron chi connectivity index (χ0n) is 18.7. The number of hydrogen-bond acceptors (Lipinski definition) is 7. The predicted octanol–water partition coefficient (Wildman–Crippen LogP) is 6.34. The second-order valence-electron chi connectivity index (χ2n) is 8.03. The molecule has 0 unspecified atom stereocenters. The number of fused-ring (bicyclic) bond motifs is 1. The van der Waals surface area contributed by atoms with Crippen LogP contribution < -0.4 is 20.3 Å². The van der Waals surface area contributed by atoms with Crippen molar-refractivity contribution < 1.29 is 9.53 Å². The number of aromatic nitrogens is 2. The maximum Gasteiger partial charge on any atom is 0.247 e. The maximum atomic E-state index is 11.6. The SMILES string of the molecule is C=CC(=O)Nc1cccc(Oc2nc(Nc3ccc(N4CCCCC4)cc3)nc3ccsc23)c1. The van der Waals surface area contributed by atoms with Crippen LogP contribution in [0.4, 0.5) is 23.0 Å². The van der Waals surface area contributed by atoms with Gasteiger partial charge in [0.1, 0.15) is 10.4 Å². The smallest absolute Gasteiger partial charge is 0.247 e. The lowest BCUT2D eigenvalue weighted by Gasteiger charge is -2.28. The number of nitrogens with zero attached hydrogens (tertiary/aromatic N) is 3. The van der Waals surface area contributed by atoms with Crippen molar-refractivity contribution in [1.82, 2.24) is 9.97 Å². The molecule has 3 heterocycles. The molecule has 0 atom stereocenters. The molecular formula is C26H25N5O2S. The average Bonchev–Trinajstić information content (AvgIpc) is 3.34. The third-order valence-corrected chi connectivity index (χ3v) is 6.51. The van der Waals surface area contributed by atoms with E-state index in [9.17, 15) is 4.79 Å². The van der Waals surface area contributed by atoms with Gasteiger partial charge in [0.05, 0.1) is 5.52 Å². The molecule has 1 amide bonds. The molecule has 34 heavy (non-hydrogen) atoms. The highest BCUT2D eigenvalue weighted by Crippen LogP contribution is 2.34. The summed E-state index contributed by atoms with van der Waals surface area (Å²) >= 11 is 1.52. The van der Waals surface area contributed by atoms with Gasteiger partial charge < -0.3 is 20.3 Å². The molecule has 1 aliphatic heterocycles. The molecular weight excluding hydrogens is 446 g/mol. The summed E-state index contributed by atoms with van der Waals surface area (Å²) in [4.78, 5) is 23.3. The Balaban J connectivity index is 1.36. The van der Waals surface area contributed by atoms with Crippen molar-refractivity contribution in [2.45, 2.75) is 19.3 Å². The fourth-order valence-electron chi connectivity index (χ4n) is 3.94. The number of anilines is 4. The van der Waals surface area contributed by atoms with Crippen LogP contribution in [-0.4, -0.2) is 29.0 Å². The van der Waals surface area contributed by atoms with E-state index in [1.807, 2.05) is 23.6 Å². The van der Waals surface area contributed by atoms with Crippen LogP contribution in [0.1, 0.15) is 19.3 Å². The number of carbonyl (C=O) groups is 1. The Kier molecular flexibility index (Phi) is 6.40. The molecule has 4 aromatic rings. The van der Waals surface area contributed by atoms with Gasteiger partial charge in [-0.1, -0.05) is 12.6 Å². The number of nitrogens with one attached hydrogen (secondary N) is 2. The monoisotopic (exact) mass is 471 g/mol. The van der Waals surface area contributed by atoms with E-state index in [0.717, 1.165) is 29.0 Å². The summed E-state index contributed by atoms with van der Waals surface area (Å²) < 4.78 is 6.97. The molecule has 0 saturated carbocycles. The van der Waals surface area contributed by atoms with E-state index in [4.69, 9.17) is 4.74 Å². The van der Waals surface area contributed by atoms with E-state index in [1.165, 1.54) is 42.4 Å². The zero-order valence-corrected chi connectivity index (χ0v) is 19.5. The van der Waals surface area contributed by atoms with Crippen LogP contribution in [-0.2, 0) is 4.79 Å². The first-order valence-electron chi connectivity index (χ1n) is 11.3. The Morgan fingerprint density at radius 1 is 1.03 bits per heavy atom. The second-order valence-corrected chi connectivity index (χ2v) is 8.95. The molecule has 1 aliphatic rings. The van der Waals surface area contributed by atoms with Gasteiger partial charge in [-0.2, -0.15) is 4.98 Å². The van der Waals surface area contributed by atoms with Gasteiger partial charge in [-0.05, 0) is 73.2 Å². The van der Waals surface area contributed by atoms with Crippen molar-refractivity contribution in [2.24, 2.45) is 0 Å². The van der Waals surface area contributed by atoms with Crippen LogP contribution in [0.3, 0.4) is 0 Å². The van der Waals surface area contributed by atoms with Crippen LogP contribution in [0.5, 0.6) is 11.6 Å². The Labute approximate surface area is 202 Å². The summed E-state index contributed by atoms with van der Waals surface area (Å²) in [5, 5.41) is 8.00. The van der Waals surface area contributed by atoms with Crippen molar-refractivity contribution >= 4 is 50.5 Å². The first kappa shape index (κ1) is 21.9. The summed E-state index contributed by atoms with van der Waals surface area (Å²) in [6, 6.07) is 17.5. The first-order valence-corrected chi connectivity index (χ1v) is 12.1. The van der Waals surface area contributed by atoms with Gasteiger partial charge in [0.15, 0.2) is 0 Å². The zero-order chi connectivity index (χ0) is 23.3. The predicted molar refractivity (Wildman–Crippen MR) is 139 cm³/mol. The Morgan fingerprint density at radius 3 is 2.65 bits per heavy atom. The van der Waals surface area contributed by atoms with Crippen LogP contribution in [0.25, 0.3) is 10.2 Å². The van der Waals surface area contributed by atoms with Gasteiger partial charge in [-0.3, -0.25) is 4.79 Å². The number of ether oxygens (including phenoxy) is 1. The van der Waals surface area contributed by atoms with E-state index < -0.39 is 0 Å². The Bertz CT molecular complexity index is 1310. The fourth-order valence-corrected chi connectivity index (χ4v) is 4.70. The van der Waals surface area contributed by atoms with Crippen molar-refractivity contribution in [1.29, 1.82) is 0 Å². The summed E-state index contributed by atoms with van der Waals surface area (Å²) in [6.45, 7) is 5.71. The molecule has 0 spiro atoms. The normalized spacial score (nSPS) is 13.5. The number of piperidine rings is 1. The molecule has 172 valence electrons. The minimum Gasteiger partial charge on any atom is -0.437 e. The third kappa shape index (κ3) is 5.02. The first-order chi connectivity index (χ1) is 16.7. The number of hydrogen-bond donors (Lipinski definition) is 2. The van der Waals surface area contributed by atoms with Crippen molar-refractivity contribution in [3.63, 3.8) is 0 Å². The standard InChI is InChI=1S/C26H25N5O2S/c1-2-23(32)27-19-7-6-8-21(17-19)33-25-24-22(13-16-34-24)29-26(30-25)28-18-9-11-20(12-10-18)31-14-4-3-5-15-31/h2,6-13,16-17H,1,3-5,14-15H2,(H,27,32)(H,28,29,30). The molecule has 7 nitrogen and oxygen atoms in total. The second kappa shape index (κ2) is 9.93. The maximum absolute atomic E-state index is 11.6. The van der Waals surface area contributed by atoms with Gasteiger partial charge in [-0.25, -0.2) is 4.98 Å². The lowest BCUT2D eigenvalue weighted by molar-refractivity contribution is -0.111. The summed E-state index contributed by atoms with van der Waals surface area (Å²) in [6.07, 6.45) is 5.04. The summed E-state index contributed by atoms with van der Waals surface area (Å²) in [7, 11) is 0. The molecule has 1 saturated heterocycles. The van der Waals surface area contributed by atoms with Crippen molar-refractivity contribution in [2.75, 3.05) is 28.6 Å². The van der Waals surface area contributed by atoms with Crippen LogP contribution >= 0.6 is 11.3 Å². The van der Waals surface area contributed by atoms with Crippen molar-refractivity contribution in [3.05, 3.63) is 72.6 Å². The molecule has 0 radical (unpaired) electrons. The topological polar surface area (TPSA) is 79.4 Å². The number of amides is 1. The van der Waals surface area contributed by atoms with E-state index in [-0.39, 0.29) is 5.91 Å². The number of carbonyl (C=O) groups excluding carboxylic acids is 1. The van der Waals surface area contributed by atoms with Crippen LogP contribution in [0.2, 0.25) is 0 Å². The van der Waals surface area contributed by atoms with Crippen LogP contribution in [0.15, 0.2) is 72.6 Å². The van der Waals surface area contributed by atoms with Gasteiger partial charge >= 0.3 is 0 Å². The molecule has 1 fully saturated rings. The Morgan fingerprint density at radius 2 is 1.85 bits per heavy atom. The molecule has 8 heteroatoms. The molecule has 5 rings (SSSR count). The minimum absolute atomic E-state index is 0.280.